The van der Waals surface area contributed by atoms with Crippen molar-refractivity contribution in [3.05, 3.63) is 167 Å². The van der Waals surface area contributed by atoms with Gasteiger partial charge < -0.3 is 10.2 Å². The van der Waals surface area contributed by atoms with Gasteiger partial charge in [-0.1, -0.05) is 72.8 Å². The number of likely N-dealkylation sites (N-methyl/N-ethyl adjacent to an activating group) is 2. The predicted octanol–water partition coefficient (Wildman–Crippen LogP) is 7.84. The quantitative estimate of drug-likeness (QED) is 0.136. The number of fused-ring (bicyclic) bond motifs is 4. The van der Waals surface area contributed by atoms with Crippen LogP contribution < -0.4 is 0 Å². The first kappa shape index (κ1) is 37.0. The summed E-state index contributed by atoms with van der Waals surface area (Å²) in [5, 5.41) is 25.1. The summed E-state index contributed by atoms with van der Waals surface area (Å²) in [5.41, 5.74) is -0.781. The molecule has 0 saturated carbocycles. The lowest BCUT2D eigenvalue weighted by Gasteiger charge is -2.31. The Labute approximate surface area is 314 Å². The molecule has 2 aliphatic rings. The van der Waals surface area contributed by atoms with Crippen LogP contribution in [-0.2, 0) is 20.0 Å². The van der Waals surface area contributed by atoms with Crippen LogP contribution in [0.3, 0.4) is 0 Å². The van der Waals surface area contributed by atoms with Crippen molar-refractivity contribution in [2.75, 3.05) is 13.6 Å². The zero-order valence-electron chi connectivity index (χ0n) is 29.1. The number of carbonyl (C=O) groups excluding carboxylic acids is 2. The maximum atomic E-state index is 13.7. The van der Waals surface area contributed by atoms with E-state index in [1.54, 1.807) is 43.3 Å². The van der Waals surface area contributed by atoms with Crippen LogP contribution in [0.1, 0.15) is 38.8 Å². The summed E-state index contributed by atoms with van der Waals surface area (Å²) in [5.74, 6) is -3.89. The van der Waals surface area contributed by atoms with Gasteiger partial charge in [0.1, 0.15) is 23.0 Å². The molecule has 278 valence electrons. The Hall–Kier alpha value is -6.38. The number of Topliss-reactive ketones (excluding diaryl/α,β-unsaturated/α-hetero) is 2. The number of sulfonamides is 2. The maximum absolute atomic E-state index is 13.7. The number of hydrogen-bond acceptors (Lipinski definition) is 8. The Balaban J connectivity index is 0.000000169. The summed E-state index contributed by atoms with van der Waals surface area (Å²) < 4.78 is 80.3. The third-order valence-electron chi connectivity index (χ3n) is 9.36. The van der Waals surface area contributed by atoms with Gasteiger partial charge in [-0.3, -0.25) is 18.2 Å². The lowest BCUT2D eigenvalue weighted by molar-refractivity contribution is 0.0993. The van der Waals surface area contributed by atoms with Gasteiger partial charge in [-0.05, 0) is 77.0 Å². The number of aliphatic hydroxyl groups excluding tert-OH is 2. The Morgan fingerprint density at radius 1 is 0.564 bits per heavy atom. The van der Waals surface area contributed by atoms with E-state index in [0.29, 0.717) is 11.1 Å². The van der Waals surface area contributed by atoms with Crippen LogP contribution in [0.2, 0.25) is 0 Å². The molecule has 0 saturated heterocycles. The summed E-state index contributed by atoms with van der Waals surface area (Å²) in [4.78, 5) is 25.3. The highest BCUT2D eigenvalue weighted by molar-refractivity contribution is 7.89. The van der Waals surface area contributed by atoms with Crippen molar-refractivity contribution in [1.29, 1.82) is 0 Å². The van der Waals surface area contributed by atoms with Crippen molar-refractivity contribution in [3.63, 3.8) is 0 Å². The number of carbonyl (C=O) groups is 2. The molecule has 0 bridgehead atoms. The highest BCUT2D eigenvalue weighted by Crippen LogP contribution is 2.37. The van der Waals surface area contributed by atoms with Crippen molar-refractivity contribution in [2.45, 2.75) is 16.7 Å². The normalized spacial score (nSPS) is 17.6. The van der Waals surface area contributed by atoms with E-state index in [2.05, 4.69) is 0 Å². The second kappa shape index (κ2) is 13.8. The monoisotopic (exact) mass is 780 g/mol. The van der Waals surface area contributed by atoms with Crippen LogP contribution in [0, 0.1) is 11.6 Å². The number of rotatable bonds is 3. The van der Waals surface area contributed by atoms with E-state index in [0.717, 1.165) is 66.6 Å². The highest BCUT2D eigenvalue weighted by atomic mass is 32.2. The van der Waals surface area contributed by atoms with Gasteiger partial charge in [-0.2, -0.15) is 0 Å². The van der Waals surface area contributed by atoms with Crippen LogP contribution in [0.25, 0.3) is 33.1 Å². The molecule has 0 spiro atoms. The molecule has 0 amide bonds. The topological polar surface area (TPSA) is 149 Å². The number of halogens is 2. The zero-order valence-corrected chi connectivity index (χ0v) is 30.7. The highest BCUT2D eigenvalue weighted by Gasteiger charge is 2.42. The standard InChI is InChI=1S/C21H16FNO4S.C20H14FNO4S/c1-2-23-19(20(24)15-8-7-13-5-3-4-6-14(13)11-15)21(25)17-12-16(22)9-10-18(17)28(23,26)27;1-22-18(19(23)14-7-6-12-4-2-3-5-13(12)10-14)20(24)16-11-15(21)8-9-17(16)27(22,25)26/h3-12,24H,2H2,1H3;2-11,23H,1H3. The summed E-state index contributed by atoms with van der Waals surface area (Å²) >= 11 is 0. The fraction of sp³-hybridized carbons (Fsp3) is 0.0732. The number of ketones is 2. The van der Waals surface area contributed by atoms with Crippen LogP contribution in [-0.4, -0.2) is 60.8 Å². The van der Waals surface area contributed by atoms with Gasteiger partial charge in [0.25, 0.3) is 20.0 Å². The second-order valence-corrected chi connectivity index (χ2v) is 16.4. The molecule has 14 heteroatoms. The summed E-state index contributed by atoms with van der Waals surface area (Å²) in [6.45, 7) is 1.50. The van der Waals surface area contributed by atoms with Crippen molar-refractivity contribution in [1.82, 2.24) is 8.61 Å². The summed E-state index contributed by atoms with van der Waals surface area (Å²) in [6.07, 6.45) is 0. The van der Waals surface area contributed by atoms with Crippen LogP contribution in [0.15, 0.2) is 143 Å². The molecule has 55 heavy (non-hydrogen) atoms. The van der Waals surface area contributed by atoms with Crippen molar-refractivity contribution in [3.8, 4) is 0 Å². The Morgan fingerprint density at radius 3 is 1.45 bits per heavy atom. The number of allylic oxidation sites excluding steroid dienone is 2. The van der Waals surface area contributed by atoms with Gasteiger partial charge in [0, 0.05) is 35.8 Å². The first-order valence-corrected chi connectivity index (χ1v) is 19.6. The smallest absolute Gasteiger partial charge is 0.265 e. The molecular formula is C41H30F2N2O8S2. The van der Waals surface area contributed by atoms with Crippen LogP contribution in [0.5, 0.6) is 0 Å². The molecule has 2 N–H and O–H groups in total. The third kappa shape index (κ3) is 6.28. The molecular weight excluding hydrogens is 751 g/mol. The minimum atomic E-state index is -4.10. The predicted molar refractivity (Wildman–Crippen MR) is 203 cm³/mol. The van der Waals surface area contributed by atoms with Gasteiger partial charge in [0.2, 0.25) is 11.6 Å². The van der Waals surface area contributed by atoms with Crippen LogP contribution >= 0.6 is 0 Å². The Kier molecular flexibility index (Phi) is 9.27. The summed E-state index contributed by atoms with van der Waals surface area (Å²) in [7, 11) is -7.00. The van der Waals surface area contributed by atoms with Gasteiger partial charge in [-0.15, -0.1) is 0 Å². The van der Waals surface area contributed by atoms with Gasteiger partial charge in [0.05, 0.1) is 9.79 Å². The first-order valence-electron chi connectivity index (χ1n) is 16.7. The van der Waals surface area contributed by atoms with E-state index in [9.17, 15) is 45.4 Å². The number of nitrogens with zero attached hydrogens (tertiary/aromatic N) is 2. The van der Waals surface area contributed by atoms with Gasteiger partial charge in [-0.25, -0.2) is 25.6 Å². The Bertz CT molecular complexity index is 2910. The van der Waals surface area contributed by atoms with Crippen molar-refractivity contribution < 1.29 is 45.4 Å². The molecule has 0 atom stereocenters. The number of hydrogen-bond donors (Lipinski definition) is 2. The molecule has 2 heterocycles. The SMILES string of the molecule is CCN1C(=C(O)c2ccc3ccccc3c2)C(=O)c2cc(F)ccc2S1(=O)=O.CN1C(=C(O)c2ccc3ccccc3c2)C(=O)c2cc(F)ccc2S1(=O)=O. The molecule has 0 unspecified atom stereocenters. The molecule has 0 aliphatic carbocycles. The number of benzene rings is 6. The minimum Gasteiger partial charge on any atom is -0.505 e. The Morgan fingerprint density at radius 2 is 0.982 bits per heavy atom. The molecule has 0 aromatic heterocycles. The summed E-state index contributed by atoms with van der Waals surface area (Å²) in [6, 6.07) is 30.8. The number of aliphatic hydroxyl groups is 2. The average molecular weight is 781 g/mol. The largest absolute Gasteiger partial charge is 0.505 e. The van der Waals surface area contributed by atoms with Crippen molar-refractivity contribution >= 4 is 64.7 Å². The molecule has 2 aliphatic heterocycles. The van der Waals surface area contributed by atoms with Gasteiger partial charge >= 0.3 is 0 Å². The van der Waals surface area contributed by atoms with E-state index >= 15 is 0 Å². The van der Waals surface area contributed by atoms with E-state index < -0.39 is 60.5 Å². The fourth-order valence-electron chi connectivity index (χ4n) is 6.58. The lowest BCUT2D eigenvalue weighted by atomic mass is 10.0. The van der Waals surface area contributed by atoms with E-state index in [-0.39, 0.29) is 33.2 Å². The molecule has 6 aromatic rings. The van der Waals surface area contributed by atoms with E-state index in [1.165, 1.54) is 7.05 Å². The fourth-order valence-corrected chi connectivity index (χ4v) is 9.62. The van der Waals surface area contributed by atoms with Crippen molar-refractivity contribution in [2.24, 2.45) is 0 Å². The lowest BCUT2D eigenvalue weighted by Crippen LogP contribution is -2.39. The molecule has 10 nitrogen and oxygen atoms in total. The van der Waals surface area contributed by atoms with E-state index in [1.807, 2.05) is 48.5 Å². The molecule has 0 fully saturated rings. The van der Waals surface area contributed by atoms with E-state index in [4.69, 9.17) is 0 Å². The third-order valence-corrected chi connectivity index (χ3v) is 13.1. The molecule has 8 rings (SSSR count). The first-order chi connectivity index (χ1) is 26.1. The zero-order chi connectivity index (χ0) is 39.4. The van der Waals surface area contributed by atoms with Gasteiger partial charge in [0.15, 0.2) is 11.5 Å². The van der Waals surface area contributed by atoms with Crippen LogP contribution in [0.4, 0.5) is 8.78 Å². The second-order valence-electron chi connectivity index (χ2n) is 12.6. The maximum Gasteiger partial charge on any atom is 0.265 e. The average Bonchev–Trinajstić information content (AvgIpc) is 3.18. The molecule has 6 aromatic carbocycles. The minimum absolute atomic E-state index is 0.0577. The molecule has 0 radical (unpaired) electrons.